The lowest BCUT2D eigenvalue weighted by molar-refractivity contribution is -0.108. The Hall–Kier alpha value is -0.900. The average molecular weight is 233 g/mol. The van der Waals surface area contributed by atoms with Gasteiger partial charge in [-0.05, 0) is 25.3 Å². The van der Waals surface area contributed by atoms with Gasteiger partial charge in [0.05, 0.1) is 0 Å². The van der Waals surface area contributed by atoms with Crippen LogP contribution in [0, 0.1) is 6.92 Å². The topological polar surface area (TPSA) is 32.5 Å². The molecule has 1 heterocycles. The zero-order valence-electron chi connectivity index (χ0n) is 10.7. The molecule has 2 N–H and O–H groups in total. The molecule has 94 valence electrons. The van der Waals surface area contributed by atoms with Crippen molar-refractivity contribution < 1.29 is 0 Å². The van der Waals surface area contributed by atoms with E-state index < -0.39 is 0 Å². The van der Waals surface area contributed by atoms with Crippen LogP contribution in [0.2, 0.25) is 0 Å². The fraction of sp³-hybridized carbons (Fsp3) is 0.571. The van der Waals surface area contributed by atoms with Gasteiger partial charge in [0.1, 0.15) is 0 Å². The number of hydrogen-bond donors (Lipinski definition) is 1. The van der Waals surface area contributed by atoms with Crippen LogP contribution in [0.4, 0.5) is 0 Å². The number of rotatable bonds is 6. The third-order valence-electron chi connectivity index (χ3n) is 3.41. The summed E-state index contributed by atoms with van der Waals surface area (Å²) in [5, 5.41) is 4.77. The first-order valence-corrected chi connectivity index (χ1v) is 6.55. The summed E-state index contributed by atoms with van der Waals surface area (Å²) < 4.78 is 0. The van der Waals surface area contributed by atoms with Crippen molar-refractivity contribution in [1.29, 1.82) is 0 Å². The number of hydrogen-bond acceptors (Lipinski definition) is 3. The first-order valence-electron chi connectivity index (χ1n) is 6.55. The lowest BCUT2D eigenvalue weighted by Gasteiger charge is -2.44. The van der Waals surface area contributed by atoms with Crippen molar-refractivity contribution >= 4 is 0 Å². The second kappa shape index (κ2) is 6.15. The van der Waals surface area contributed by atoms with Crippen LogP contribution in [0.1, 0.15) is 17.5 Å². The number of nitrogens with two attached hydrogens (primary N) is 1. The van der Waals surface area contributed by atoms with Gasteiger partial charge in [-0.15, -0.1) is 0 Å². The molecule has 1 saturated heterocycles. The van der Waals surface area contributed by atoms with Gasteiger partial charge in [0, 0.05) is 32.7 Å². The molecule has 1 aliphatic rings. The van der Waals surface area contributed by atoms with E-state index in [4.69, 9.17) is 5.73 Å². The largest absolute Gasteiger partial charge is 0.329 e. The minimum atomic E-state index is 0.758. The van der Waals surface area contributed by atoms with E-state index in [1.54, 1.807) is 0 Å². The third kappa shape index (κ3) is 3.53. The molecule has 0 aliphatic carbocycles. The van der Waals surface area contributed by atoms with Crippen molar-refractivity contribution in [1.82, 2.24) is 10.0 Å². The van der Waals surface area contributed by atoms with Crippen molar-refractivity contribution in [2.45, 2.75) is 19.8 Å². The number of hydrazine groups is 1. The second-order valence-corrected chi connectivity index (χ2v) is 4.79. The predicted molar refractivity (Wildman–Crippen MR) is 71.7 cm³/mol. The Morgan fingerprint density at radius 1 is 1.06 bits per heavy atom. The van der Waals surface area contributed by atoms with Crippen LogP contribution in [0.15, 0.2) is 24.3 Å². The monoisotopic (exact) mass is 233 g/mol. The van der Waals surface area contributed by atoms with Gasteiger partial charge < -0.3 is 5.73 Å². The van der Waals surface area contributed by atoms with Crippen LogP contribution >= 0.6 is 0 Å². The smallest absolute Gasteiger partial charge is 0.0275 e. The van der Waals surface area contributed by atoms with Gasteiger partial charge in [0.2, 0.25) is 0 Å². The minimum absolute atomic E-state index is 0.758. The third-order valence-corrected chi connectivity index (χ3v) is 3.41. The van der Waals surface area contributed by atoms with E-state index in [0.29, 0.717) is 0 Å². The highest BCUT2D eigenvalue weighted by Crippen LogP contribution is 2.11. The van der Waals surface area contributed by atoms with Gasteiger partial charge in [-0.2, -0.15) is 0 Å². The summed E-state index contributed by atoms with van der Waals surface area (Å²) in [5.74, 6) is 0. The molecule has 0 radical (unpaired) electrons. The summed E-state index contributed by atoms with van der Waals surface area (Å²) >= 11 is 0. The average Bonchev–Trinajstić information content (AvgIpc) is 2.32. The van der Waals surface area contributed by atoms with E-state index in [9.17, 15) is 0 Å². The summed E-state index contributed by atoms with van der Waals surface area (Å²) in [6, 6.07) is 8.87. The lowest BCUT2D eigenvalue weighted by atomic mass is 10.1. The molecule has 0 amide bonds. The summed E-state index contributed by atoms with van der Waals surface area (Å²) in [6.45, 7) is 7.44. The van der Waals surface area contributed by atoms with Crippen molar-refractivity contribution in [2.24, 2.45) is 5.73 Å². The maximum atomic E-state index is 5.57. The molecule has 17 heavy (non-hydrogen) atoms. The number of benzene rings is 1. The first-order chi connectivity index (χ1) is 8.29. The number of aryl methyl sites for hydroxylation is 2. The summed E-state index contributed by atoms with van der Waals surface area (Å²) in [7, 11) is 0. The second-order valence-electron chi connectivity index (χ2n) is 4.79. The van der Waals surface area contributed by atoms with E-state index in [0.717, 1.165) is 19.6 Å². The van der Waals surface area contributed by atoms with Gasteiger partial charge in [-0.25, -0.2) is 10.0 Å². The van der Waals surface area contributed by atoms with Crippen LogP contribution < -0.4 is 5.73 Å². The summed E-state index contributed by atoms with van der Waals surface area (Å²) in [4.78, 5) is 0. The van der Waals surface area contributed by atoms with Gasteiger partial charge in [0.25, 0.3) is 0 Å². The van der Waals surface area contributed by atoms with E-state index in [1.165, 1.54) is 37.1 Å². The highest BCUT2D eigenvalue weighted by atomic mass is 15.7. The highest BCUT2D eigenvalue weighted by Gasteiger charge is 2.22. The van der Waals surface area contributed by atoms with Crippen molar-refractivity contribution in [3.63, 3.8) is 0 Å². The van der Waals surface area contributed by atoms with Crippen LogP contribution in [0.25, 0.3) is 0 Å². The molecular formula is C14H23N3. The molecule has 0 atom stereocenters. The minimum Gasteiger partial charge on any atom is -0.329 e. The van der Waals surface area contributed by atoms with E-state index in [1.807, 2.05) is 0 Å². The lowest BCUT2D eigenvalue weighted by Crippen LogP contribution is -2.58. The molecule has 1 aromatic rings. The fourth-order valence-electron chi connectivity index (χ4n) is 2.26. The highest BCUT2D eigenvalue weighted by molar-refractivity contribution is 5.21. The Morgan fingerprint density at radius 2 is 1.71 bits per heavy atom. The molecule has 0 aromatic heterocycles. The maximum Gasteiger partial charge on any atom is 0.0275 e. The molecule has 0 bridgehead atoms. The quantitative estimate of drug-likeness (QED) is 0.806. The van der Waals surface area contributed by atoms with Crippen LogP contribution in [-0.2, 0) is 6.42 Å². The molecule has 0 unspecified atom stereocenters. The van der Waals surface area contributed by atoms with E-state index in [2.05, 4.69) is 41.2 Å². The molecular weight excluding hydrogens is 210 g/mol. The number of nitrogens with zero attached hydrogens (tertiary/aromatic N) is 2. The molecule has 3 heteroatoms. The van der Waals surface area contributed by atoms with Gasteiger partial charge in [-0.3, -0.25) is 0 Å². The van der Waals surface area contributed by atoms with E-state index >= 15 is 0 Å². The van der Waals surface area contributed by atoms with Crippen molar-refractivity contribution in [2.75, 3.05) is 32.7 Å². The Bertz CT molecular complexity index is 334. The zero-order valence-corrected chi connectivity index (χ0v) is 10.7. The Labute approximate surface area is 104 Å². The normalized spacial score (nSPS) is 17.1. The standard InChI is InChI=1S/C14H23N3/c1-13-4-6-14(7-5-13)3-2-9-16-11-12-17(16)10-8-15/h4-7H,2-3,8-12,15H2,1H3. The van der Waals surface area contributed by atoms with Gasteiger partial charge in [0.15, 0.2) is 0 Å². The maximum absolute atomic E-state index is 5.57. The molecule has 2 rings (SSSR count). The van der Waals surface area contributed by atoms with Crippen molar-refractivity contribution in [3.8, 4) is 0 Å². The van der Waals surface area contributed by atoms with Crippen LogP contribution in [0.3, 0.4) is 0 Å². The molecule has 0 saturated carbocycles. The van der Waals surface area contributed by atoms with E-state index in [-0.39, 0.29) is 0 Å². The van der Waals surface area contributed by atoms with Crippen molar-refractivity contribution in [3.05, 3.63) is 35.4 Å². The van der Waals surface area contributed by atoms with Crippen LogP contribution in [0.5, 0.6) is 0 Å². The summed E-state index contributed by atoms with van der Waals surface area (Å²) in [5.41, 5.74) is 8.35. The molecule has 3 nitrogen and oxygen atoms in total. The molecule has 0 spiro atoms. The Morgan fingerprint density at radius 3 is 2.29 bits per heavy atom. The summed E-state index contributed by atoms with van der Waals surface area (Å²) in [6.07, 6.45) is 2.40. The molecule has 1 aromatic carbocycles. The SMILES string of the molecule is Cc1ccc(CCCN2CCN2CCN)cc1. The molecule has 1 fully saturated rings. The Balaban J connectivity index is 1.67. The molecule has 1 aliphatic heterocycles. The predicted octanol–water partition coefficient (Wildman–Crippen LogP) is 1.42. The van der Waals surface area contributed by atoms with Gasteiger partial charge >= 0.3 is 0 Å². The first kappa shape index (κ1) is 12.6. The Kier molecular flexibility index (Phi) is 4.54. The van der Waals surface area contributed by atoms with Crippen LogP contribution in [-0.4, -0.2) is 42.7 Å². The fourth-order valence-corrected chi connectivity index (χ4v) is 2.26. The zero-order chi connectivity index (χ0) is 12.1. The van der Waals surface area contributed by atoms with Gasteiger partial charge in [-0.1, -0.05) is 29.8 Å².